The van der Waals surface area contributed by atoms with Gasteiger partial charge in [0.15, 0.2) is 0 Å². The molecule has 106 valence electrons. The van der Waals surface area contributed by atoms with Crippen molar-refractivity contribution in [3.63, 3.8) is 0 Å². The molecule has 1 aromatic heterocycles. The van der Waals surface area contributed by atoms with Crippen molar-refractivity contribution in [1.82, 2.24) is 0 Å². The molecule has 0 radical (unpaired) electrons. The molecule has 0 aliphatic rings. The summed E-state index contributed by atoms with van der Waals surface area (Å²) in [6.07, 6.45) is 1.83. The van der Waals surface area contributed by atoms with E-state index in [0.29, 0.717) is 17.9 Å². The third kappa shape index (κ3) is 3.78. The first-order chi connectivity index (χ1) is 9.69. The van der Waals surface area contributed by atoms with Gasteiger partial charge in [0.1, 0.15) is 23.9 Å². The van der Waals surface area contributed by atoms with Gasteiger partial charge < -0.3 is 19.0 Å². The lowest BCUT2D eigenvalue weighted by Gasteiger charge is -2.13. The van der Waals surface area contributed by atoms with Gasteiger partial charge in [-0.2, -0.15) is 0 Å². The number of carbonyl (C=O) groups is 1. The van der Waals surface area contributed by atoms with E-state index in [1.807, 2.05) is 0 Å². The SMILES string of the molecule is COc1ccc(OCC(Cc2ccco2)C(=O)O)cc1. The summed E-state index contributed by atoms with van der Waals surface area (Å²) >= 11 is 0. The Bertz CT molecular complexity index is 530. The van der Waals surface area contributed by atoms with Gasteiger partial charge in [0.05, 0.1) is 19.3 Å². The number of carboxylic acid groups (broad SMARTS) is 1. The minimum atomic E-state index is -0.907. The third-order valence-corrected chi connectivity index (χ3v) is 2.89. The molecule has 1 aromatic carbocycles. The summed E-state index contributed by atoms with van der Waals surface area (Å²) in [7, 11) is 1.58. The Labute approximate surface area is 116 Å². The third-order valence-electron chi connectivity index (χ3n) is 2.89. The highest BCUT2D eigenvalue weighted by molar-refractivity contribution is 5.70. The topological polar surface area (TPSA) is 68.9 Å². The van der Waals surface area contributed by atoms with Crippen molar-refractivity contribution in [3.8, 4) is 11.5 Å². The van der Waals surface area contributed by atoms with E-state index in [-0.39, 0.29) is 6.61 Å². The largest absolute Gasteiger partial charge is 0.497 e. The zero-order valence-corrected chi connectivity index (χ0v) is 11.1. The molecule has 0 saturated carbocycles. The second-order valence-electron chi connectivity index (χ2n) is 4.31. The first-order valence-electron chi connectivity index (χ1n) is 6.21. The van der Waals surface area contributed by atoms with Crippen LogP contribution in [0.1, 0.15) is 5.76 Å². The Hall–Kier alpha value is -2.43. The molecule has 0 fully saturated rings. The molecular weight excluding hydrogens is 260 g/mol. The molecule has 1 atom stereocenters. The average Bonchev–Trinajstić information content (AvgIpc) is 2.96. The van der Waals surface area contributed by atoms with Crippen LogP contribution in [0.15, 0.2) is 47.1 Å². The van der Waals surface area contributed by atoms with Crippen LogP contribution in [-0.4, -0.2) is 24.8 Å². The predicted octanol–water partition coefficient (Wildman–Crippen LogP) is 2.61. The van der Waals surface area contributed by atoms with E-state index in [0.717, 1.165) is 5.75 Å². The number of rotatable bonds is 7. The average molecular weight is 276 g/mol. The molecule has 20 heavy (non-hydrogen) atoms. The summed E-state index contributed by atoms with van der Waals surface area (Å²) in [5.74, 6) is 0.410. The predicted molar refractivity (Wildman–Crippen MR) is 72.0 cm³/mol. The monoisotopic (exact) mass is 276 g/mol. The van der Waals surface area contributed by atoms with Gasteiger partial charge in [-0.3, -0.25) is 4.79 Å². The van der Waals surface area contributed by atoms with E-state index in [2.05, 4.69) is 0 Å². The number of furan rings is 1. The minimum absolute atomic E-state index is 0.0857. The quantitative estimate of drug-likeness (QED) is 0.841. The van der Waals surface area contributed by atoms with Gasteiger partial charge in [0.2, 0.25) is 0 Å². The minimum Gasteiger partial charge on any atom is -0.497 e. The summed E-state index contributed by atoms with van der Waals surface area (Å²) in [4.78, 5) is 11.2. The number of hydrogen-bond acceptors (Lipinski definition) is 4. The number of methoxy groups -OCH3 is 1. The van der Waals surface area contributed by atoms with Crippen LogP contribution in [0.25, 0.3) is 0 Å². The Morgan fingerprint density at radius 3 is 2.50 bits per heavy atom. The van der Waals surface area contributed by atoms with E-state index in [4.69, 9.17) is 13.9 Å². The first-order valence-corrected chi connectivity index (χ1v) is 6.21. The van der Waals surface area contributed by atoms with Gasteiger partial charge in [0.25, 0.3) is 0 Å². The lowest BCUT2D eigenvalue weighted by atomic mass is 10.1. The van der Waals surface area contributed by atoms with Crippen LogP contribution in [0, 0.1) is 5.92 Å². The van der Waals surface area contributed by atoms with Crippen molar-refractivity contribution in [2.45, 2.75) is 6.42 Å². The molecule has 1 unspecified atom stereocenters. The van der Waals surface area contributed by atoms with Crippen molar-refractivity contribution in [3.05, 3.63) is 48.4 Å². The standard InChI is InChI=1S/C15H16O5/c1-18-12-4-6-13(7-5-12)20-10-11(15(16)17)9-14-3-2-8-19-14/h2-8,11H,9-10H2,1H3,(H,16,17). The lowest BCUT2D eigenvalue weighted by Crippen LogP contribution is -2.23. The molecular formula is C15H16O5. The molecule has 0 aliphatic heterocycles. The fraction of sp³-hybridized carbons (Fsp3) is 0.267. The first kappa shape index (κ1) is 14.0. The maximum atomic E-state index is 11.2. The fourth-order valence-electron chi connectivity index (χ4n) is 1.76. The second kappa shape index (κ2) is 6.65. The van der Waals surface area contributed by atoms with Gasteiger partial charge in [-0.05, 0) is 36.4 Å². The fourth-order valence-corrected chi connectivity index (χ4v) is 1.76. The molecule has 1 heterocycles. The normalized spacial score (nSPS) is 11.8. The van der Waals surface area contributed by atoms with Gasteiger partial charge in [-0.25, -0.2) is 0 Å². The Morgan fingerprint density at radius 1 is 1.25 bits per heavy atom. The Morgan fingerprint density at radius 2 is 1.95 bits per heavy atom. The number of ether oxygens (including phenoxy) is 2. The van der Waals surface area contributed by atoms with Gasteiger partial charge in [0, 0.05) is 6.42 Å². The van der Waals surface area contributed by atoms with Crippen LogP contribution < -0.4 is 9.47 Å². The summed E-state index contributed by atoms with van der Waals surface area (Å²) in [5, 5.41) is 9.19. The number of aliphatic carboxylic acids is 1. The summed E-state index contributed by atoms with van der Waals surface area (Å²) in [5.41, 5.74) is 0. The van der Waals surface area contributed by atoms with Gasteiger partial charge in [-0.15, -0.1) is 0 Å². The summed E-state index contributed by atoms with van der Waals surface area (Å²) < 4.78 is 15.7. The van der Waals surface area contributed by atoms with Crippen LogP contribution >= 0.6 is 0 Å². The Balaban J connectivity index is 1.92. The van der Waals surface area contributed by atoms with E-state index < -0.39 is 11.9 Å². The van der Waals surface area contributed by atoms with Crippen molar-refractivity contribution in [2.24, 2.45) is 5.92 Å². The molecule has 0 aliphatic carbocycles. The number of carboxylic acids is 1. The molecule has 5 heteroatoms. The zero-order valence-electron chi connectivity index (χ0n) is 11.1. The van der Waals surface area contributed by atoms with Crippen LogP contribution in [-0.2, 0) is 11.2 Å². The zero-order chi connectivity index (χ0) is 14.4. The van der Waals surface area contributed by atoms with Crippen molar-refractivity contribution >= 4 is 5.97 Å². The molecule has 0 spiro atoms. The maximum absolute atomic E-state index is 11.2. The van der Waals surface area contributed by atoms with E-state index in [9.17, 15) is 9.90 Å². The highest BCUT2D eigenvalue weighted by atomic mass is 16.5. The van der Waals surface area contributed by atoms with Gasteiger partial charge >= 0.3 is 5.97 Å². The lowest BCUT2D eigenvalue weighted by molar-refractivity contribution is -0.142. The van der Waals surface area contributed by atoms with Crippen LogP contribution in [0.5, 0.6) is 11.5 Å². The molecule has 0 bridgehead atoms. The van der Waals surface area contributed by atoms with E-state index >= 15 is 0 Å². The van der Waals surface area contributed by atoms with Crippen LogP contribution in [0.2, 0.25) is 0 Å². The second-order valence-corrected chi connectivity index (χ2v) is 4.31. The van der Waals surface area contributed by atoms with Crippen molar-refractivity contribution in [2.75, 3.05) is 13.7 Å². The summed E-state index contributed by atoms with van der Waals surface area (Å²) in [6, 6.07) is 10.5. The Kier molecular flexibility index (Phi) is 4.65. The molecule has 2 aromatic rings. The van der Waals surface area contributed by atoms with E-state index in [1.54, 1.807) is 43.5 Å². The molecule has 1 N–H and O–H groups in total. The number of benzene rings is 1. The van der Waals surface area contributed by atoms with Crippen LogP contribution in [0.4, 0.5) is 0 Å². The van der Waals surface area contributed by atoms with Gasteiger partial charge in [-0.1, -0.05) is 0 Å². The van der Waals surface area contributed by atoms with Crippen molar-refractivity contribution < 1.29 is 23.8 Å². The molecule has 0 saturated heterocycles. The van der Waals surface area contributed by atoms with Crippen LogP contribution in [0.3, 0.4) is 0 Å². The molecule has 2 rings (SSSR count). The smallest absolute Gasteiger partial charge is 0.310 e. The maximum Gasteiger partial charge on any atom is 0.310 e. The summed E-state index contributed by atoms with van der Waals surface area (Å²) in [6.45, 7) is 0.0857. The molecule has 5 nitrogen and oxygen atoms in total. The highest BCUT2D eigenvalue weighted by Crippen LogP contribution is 2.18. The molecule has 0 amide bonds. The number of hydrogen-bond donors (Lipinski definition) is 1. The van der Waals surface area contributed by atoms with E-state index in [1.165, 1.54) is 6.26 Å². The van der Waals surface area contributed by atoms with Crippen molar-refractivity contribution in [1.29, 1.82) is 0 Å². The highest BCUT2D eigenvalue weighted by Gasteiger charge is 2.20.